The first-order chi connectivity index (χ1) is 12.6. The second kappa shape index (κ2) is 10.4. The number of esters is 1. The van der Waals surface area contributed by atoms with Gasteiger partial charge in [-0.3, -0.25) is 9.59 Å². The molecule has 5 heteroatoms. The molecule has 0 spiro atoms. The SMILES string of the molecule is CN(CCO)C(=O)C[C@@H](Cc1ccccc1)C(=O)OCc1ccccc1. The van der Waals surface area contributed by atoms with Crippen molar-refractivity contribution in [3.05, 3.63) is 71.8 Å². The molecule has 0 saturated heterocycles. The zero-order valence-electron chi connectivity index (χ0n) is 15.0. The van der Waals surface area contributed by atoms with Gasteiger partial charge in [-0.15, -0.1) is 0 Å². The van der Waals surface area contributed by atoms with Crippen LogP contribution in [-0.4, -0.2) is 42.1 Å². The molecule has 0 heterocycles. The van der Waals surface area contributed by atoms with Crippen molar-refractivity contribution in [1.82, 2.24) is 4.90 Å². The Morgan fingerprint density at radius 1 is 1.00 bits per heavy atom. The number of aliphatic hydroxyl groups is 1. The van der Waals surface area contributed by atoms with Crippen molar-refractivity contribution in [1.29, 1.82) is 0 Å². The Hall–Kier alpha value is -2.66. The fourth-order valence-electron chi connectivity index (χ4n) is 2.63. The summed E-state index contributed by atoms with van der Waals surface area (Å²) in [5.74, 6) is -1.13. The van der Waals surface area contributed by atoms with E-state index in [-0.39, 0.29) is 38.1 Å². The van der Waals surface area contributed by atoms with Gasteiger partial charge in [0.25, 0.3) is 0 Å². The number of carbonyl (C=O) groups excluding carboxylic acids is 2. The van der Waals surface area contributed by atoms with Crippen molar-refractivity contribution < 1.29 is 19.4 Å². The van der Waals surface area contributed by atoms with Crippen LogP contribution in [-0.2, 0) is 27.4 Å². The third-order valence-corrected chi connectivity index (χ3v) is 4.16. The van der Waals surface area contributed by atoms with Gasteiger partial charge in [0, 0.05) is 20.0 Å². The molecular formula is C21H25NO4. The molecule has 0 bridgehead atoms. The molecule has 0 aliphatic rings. The third-order valence-electron chi connectivity index (χ3n) is 4.16. The van der Waals surface area contributed by atoms with Gasteiger partial charge in [-0.25, -0.2) is 0 Å². The number of hydrogen-bond donors (Lipinski definition) is 1. The molecule has 1 amide bonds. The van der Waals surface area contributed by atoms with Crippen LogP contribution in [0, 0.1) is 5.92 Å². The molecule has 2 aromatic rings. The summed E-state index contributed by atoms with van der Waals surface area (Å²) in [6, 6.07) is 19.0. The monoisotopic (exact) mass is 355 g/mol. The molecule has 1 N–H and O–H groups in total. The standard InChI is InChI=1S/C21H25NO4/c1-22(12-13-23)20(24)15-19(14-17-8-4-2-5-9-17)21(25)26-16-18-10-6-3-7-11-18/h2-11,19,23H,12-16H2,1H3/t19-/m1/s1. The number of aliphatic hydroxyl groups excluding tert-OH is 1. The first-order valence-electron chi connectivity index (χ1n) is 8.69. The predicted molar refractivity (Wildman–Crippen MR) is 99.2 cm³/mol. The zero-order chi connectivity index (χ0) is 18.8. The number of ether oxygens (including phenoxy) is 1. The number of rotatable bonds is 9. The van der Waals surface area contributed by atoms with Crippen molar-refractivity contribution >= 4 is 11.9 Å². The molecule has 0 unspecified atom stereocenters. The lowest BCUT2D eigenvalue weighted by Crippen LogP contribution is -2.33. The van der Waals surface area contributed by atoms with Gasteiger partial charge in [0.05, 0.1) is 12.5 Å². The second-order valence-electron chi connectivity index (χ2n) is 6.22. The number of hydrogen-bond acceptors (Lipinski definition) is 4. The topological polar surface area (TPSA) is 66.8 Å². The largest absolute Gasteiger partial charge is 0.461 e. The molecule has 138 valence electrons. The quantitative estimate of drug-likeness (QED) is 0.702. The summed E-state index contributed by atoms with van der Waals surface area (Å²) < 4.78 is 5.44. The first-order valence-corrected chi connectivity index (χ1v) is 8.69. The zero-order valence-corrected chi connectivity index (χ0v) is 15.0. The van der Waals surface area contributed by atoms with Crippen LogP contribution in [0.2, 0.25) is 0 Å². The van der Waals surface area contributed by atoms with Crippen LogP contribution in [0.15, 0.2) is 60.7 Å². The molecule has 0 saturated carbocycles. The van der Waals surface area contributed by atoms with Crippen molar-refractivity contribution in [3.8, 4) is 0 Å². The molecule has 0 aliphatic carbocycles. The summed E-state index contributed by atoms with van der Waals surface area (Å²) in [5.41, 5.74) is 1.88. The van der Waals surface area contributed by atoms with Crippen LogP contribution in [0.1, 0.15) is 17.5 Å². The Kier molecular flexibility index (Phi) is 7.83. The van der Waals surface area contributed by atoms with E-state index in [0.29, 0.717) is 6.42 Å². The number of likely N-dealkylation sites (N-methyl/N-ethyl adjacent to an activating group) is 1. The van der Waals surface area contributed by atoms with E-state index in [1.54, 1.807) is 7.05 Å². The Labute approximate surface area is 154 Å². The van der Waals surface area contributed by atoms with Crippen molar-refractivity contribution in [2.75, 3.05) is 20.2 Å². The van der Waals surface area contributed by atoms with Gasteiger partial charge in [0.15, 0.2) is 0 Å². The molecule has 0 radical (unpaired) electrons. The second-order valence-corrected chi connectivity index (χ2v) is 6.22. The van der Waals surface area contributed by atoms with Gasteiger partial charge in [-0.2, -0.15) is 0 Å². The lowest BCUT2D eigenvalue weighted by atomic mass is 9.95. The highest BCUT2D eigenvalue weighted by molar-refractivity contribution is 5.83. The van der Waals surface area contributed by atoms with E-state index in [0.717, 1.165) is 11.1 Å². The van der Waals surface area contributed by atoms with Crippen LogP contribution in [0.4, 0.5) is 0 Å². The summed E-state index contributed by atoms with van der Waals surface area (Å²) >= 11 is 0. The highest BCUT2D eigenvalue weighted by Crippen LogP contribution is 2.17. The van der Waals surface area contributed by atoms with Crippen molar-refractivity contribution in [3.63, 3.8) is 0 Å². The van der Waals surface area contributed by atoms with E-state index < -0.39 is 5.92 Å². The minimum atomic E-state index is -0.560. The van der Waals surface area contributed by atoms with E-state index in [1.807, 2.05) is 60.7 Å². The Bertz CT molecular complexity index is 688. The summed E-state index contributed by atoms with van der Waals surface area (Å²) in [5, 5.41) is 8.99. The minimum absolute atomic E-state index is 0.0546. The van der Waals surface area contributed by atoms with Crippen LogP contribution in [0.3, 0.4) is 0 Å². The normalized spacial score (nSPS) is 11.6. The average Bonchev–Trinajstić information content (AvgIpc) is 2.67. The van der Waals surface area contributed by atoms with Crippen LogP contribution < -0.4 is 0 Å². The predicted octanol–water partition coefficient (Wildman–Crippen LogP) is 2.43. The third kappa shape index (κ3) is 6.33. The van der Waals surface area contributed by atoms with E-state index in [4.69, 9.17) is 9.84 Å². The van der Waals surface area contributed by atoms with Crippen LogP contribution in [0.25, 0.3) is 0 Å². The van der Waals surface area contributed by atoms with E-state index >= 15 is 0 Å². The average molecular weight is 355 g/mol. The maximum Gasteiger partial charge on any atom is 0.310 e. The first kappa shape index (κ1) is 19.7. The van der Waals surface area contributed by atoms with E-state index in [9.17, 15) is 9.59 Å². The lowest BCUT2D eigenvalue weighted by molar-refractivity contribution is -0.152. The van der Waals surface area contributed by atoms with Crippen molar-refractivity contribution in [2.24, 2.45) is 5.92 Å². The number of carbonyl (C=O) groups is 2. The Balaban J connectivity index is 2.03. The van der Waals surface area contributed by atoms with Gasteiger partial charge in [-0.05, 0) is 17.5 Å². The molecule has 2 rings (SSSR count). The Morgan fingerprint density at radius 3 is 2.15 bits per heavy atom. The summed E-state index contributed by atoms with van der Waals surface area (Å²) in [6.45, 7) is 0.325. The van der Waals surface area contributed by atoms with E-state index in [2.05, 4.69) is 0 Å². The summed E-state index contributed by atoms with van der Waals surface area (Å²) in [4.78, 5) is 26.3. The minimum Gasteiger partial charge on any atom is -0.461 e. The van der Waals surface area contributed by atoms with Gasteiger partial charge < -0.3 is 14.7 Å². The van der Waals surface area contributed by atoms with Gasteiger partial charge in [0.1, 0.15) is 6.61 Å². The molecule has 0 fully saturated rings. The summed E-state index contributed by atoms with van der Waals surface area (Å²) in [6.07, 6.45) is 0.492. The molecule has 0 aromatic heterocycles. The lowest BCUT2D eigenvalue weighted by Gasteiger charge is -2.20. The van der Waals surface area contributed by atoms with Crippen molar-refractivity contribution in [2.45, 2.75) is 19.4 Å². The molecule has 2 aromatic carbocycles. The molecular weight excluding hydrogens is 330 g/mol. The number of nitrogens with zero attached hydrogens (tertiary/aromatic N) is 1. The fourth-order valence-corrected chi connectivity index (χ4v) is 2.63. The molecule has 1 atom stereocenters. The smallest absolute Gasteiger partial charge is 0.310 e. The maximum absolute atomic E-state index is 12.6. The summed E-state index contributed by atoms with van der Waals surface area (Å²) in [7, 11) is 1.62. The highest BCUT2D eigenvalue weighted by Gasteiger charge is 2.25. The van der Waals surface area contributed by atoms with Crippen LogP contribution in [0.5, 0.6) is 0 Å². The van der Waals surface area contributed by atoms with Crippen LogP contribution >= 0.6 is 0 Å². The van der Waals surface area contributed by atoms with Gasteiger partial charge in [0.2, 0.25) is 5.91 Å². The van der Waals surface area contributed by atoms with Gasteiger partial charge in [-0.1, -0.05) is 60.7 Å². The number of amides is 1. The van der Waals surface area contributed by atoms with Gasteiger partial charge >= 0.3 is 5.97 Å². The number of benzene rings is 2. The highest BCUT2D eigenvalue weighted by atomic mass is 16.5. The molecule has 0 aliphatic heterocycles. The molecule has 26 heavy (non-hydrogen) atoms. The maximum atomic E-state index is 12.6. The van der Waals surface area contributed by atoms with E-state index in [1.165, 1.54) is 4.90 Å². The Morgan fingerprint density at radius 2 is 1.58 bits per heavy atom. The fraction of sp³-hybridized carbons (Fsp3) is 0.333. The molecule has 5 nitrogen and oxygen atoms in total.